The van der Waals surface area contributed by atoms with Gasteiger partial charge in [-0.3, -0.25) is 0 Å². The second-order valence-electron chi connectivity index (χ2n) is 11.2. The standard InChI is InChI=1S/C42H30S/c1-3-32(28-13-5-4-6-14-28)41-27(2)33-21-12-22-34(42(33)43-41)31-16-11-15-29(25-31)30-23-24-39-37-19-8-7-17-35(37)36-18-9-10-20-38(36)40(39)26-30/h3-26H,1-2H3/b32-3-. The van der Waals surface area contributed by atoms with E-state index in [0.717, 1.165) is 0 Å². The minimum Gasteiger partial charge on any atom is -0.134 e. The van der Waals surface area contributed by atoms with E-state index in [1.54, 1.807) is 0 Å². The van der Waals surface area contributed by atoms with E-state index in [1.807, 2.05) is 11.3 Å². The van der Waals surface area contributed by atoms with Gasteiger partial charge in [0.2, 0.25) is 0 Å². The van der Waals surface area contributed by atoms with E-state index in [0.29, 0.717) is 0 Å². The molecule has 1 heterocycles. The average molecular weight is 567 g/mol. The van der Waals surface area contributed by atoms with Crippen LogP contribution < -0.4 is 0 Å². The summed E-state index contributed by atoms with van der Waals surface area (Å²) in [5, 5.41) is 9.18. The molecule has 0 saturated carbocycles. The molecule has 0 amide bonds. The highest BCUT2D eigenvalue weighted by molar-refractivity contribution is 7.21. The van der Waals surface area contributed by atoms with Crippen molar-refractivity contribution in [2.45, 2.75) is 13.8 Å². The van der Waals surface area contributed by atoms with E-state index in [-0.39, 0.29) is 0 Å². The van der Waals surface area contributed by atoms with Crippen LogP contribution in [-0.2, 0) is 0 Å². The van der Waals surface area contributed by atoms with E-state index in [1.165, 1.54) is 86.2 Å². The van der Waals surface area contributed by atoms with Crippen LogP contribution in [0.2, 0.25) is 0 Å². The molecule has 0 spiro atoms. The number of hydrogen-bond acceptors (Lipinski definition) is 1. The fourth-order valence-corrected chi connectivity index (χ4v) is 8.17. The van der Waals surface area contributed by atoms with Crippen molar-refractivity contribution in [1.29, 1.82) is 0 Å². The van der Waals surface area contributed by atoms with Crippen LogP contribution in [-0.4, -0.2) is 0 Å². The van der Waals surface area contributed by atoms with Crippen molar-refractivity contribution >= 4 is 59.3 Å². The molecule has 204 valence electrons. The van der Waals surface area contributed by atoms with Gasteiger partial charge in [-0.2, -0.15) is 0 Å². The first-order valence-electron chi connectivity index (χ1n) is 14.9. The third kappa shape index (κ3) is 4.20. The molecule has 0 fully saturated rings. The summed E-state index contributed by atoms with van der Waals surface area (Å²) in [6.45, 7) is 4.41. The Hall–Kier alpha value is -4.98. The van der Waals surface area contributed by atoms with E-state index in [9.17, 15) is 0 Å². The van der Waals surface area contributed by atoms with Gasteiger partial charge < -0.3 is 0 Å². The normalized spacial score (nSPS) is 12.1. The summed E-state index contributed by atoms with van der Waals surface area (Å²) in [7, 11) is 0. The summed E-state index contributed by atoms with van der Waals surface area (Å²) >= 11 is 1.91. The highest BCUT2D eigenvalue weighted by atomic mass is 32.1. The number of fused-ring (bicyclic) bond motifs is 7. The van der Waals surface area contributed by atoms with Gasteiger partial charge in [-0.05, 0) is 103 Å². The highest BCUT2D eigenvalue weighted by Crippen LogP contribution is 2.43. The zero-order valence-electron chi connectivity index (χ0n) is 24.3. The van der Waals surface area contributed by atoms with Gasteiger partial charge in [0, 0.05) is 9.58 Å². The number of allylic oxidation sites excluding steroid dienone is 1. The molecule has 1 aromatic heterocycles. The number of hydrogen-bond donors (Lipinski definition) is 0. The minimum absolute atomic E-state index is 1.24. The van der Waals surface area contributed by atoms with Crippen molar-refractivity contribution in [2.75, 3.05) is 0 Å². The van der Waals surface area contributed by atoms with Gasteiger partial charge >= 0.3 is 0 Å². The average Bonchev–Trinajstić information content (AvgIpc) is 3.41. The van der Waals surface area contributed by atoms with Crippen molar-refractivity contribution < 1.29 is 0 Å². The zero-order chi connectivity index (χ0) is 28.9. The van der Waals surface area contributed by atoms with Crippen LogP contribution in [0.5, 0.6) is 0 Å². The predicted octanol–water partition coefficient (Wildman–Crippen LogP) is 12.5. The highest BCUT2D eigenvalue weighted by Gasteiger charge is 2.17. The monoisotopic (exact) mass is 566 g/mol. The van der Waals surface area contributed by atoms with Crippen LogP contribution in [0.15, 0.2) is 146 Å². The summed E-state index contributed by atoms with van der Waals surface area (Å²) in [6, 6.07) is 51.1. The van der Waals surface area contributed by atoms with Crippen molar-refractivity contribution in [3.8, 4) is 22.3 Å². The van der Waals surface area contributed by atoms with E-state index >= 15 is 0 Å². The van der Waals surface area contributed by atoms with Crippen molar-refractivity contribution in [3.05, 3.63) is 162 Å². The third-order valence-electron chi connectivity index (χ3n) is 8.83. The molecule has 7 aromatic carbocycles. The topological polar surface area (TPSA) is 0 Å². The van der Waals surface area contributed by atoms with E-state index < -0.39 is 0 Å². The Morgan fingerprint density at radius 1 is 0.488 bits per heavy atom. The first-order valence-corrected chi connectivity index (χ1v) is 15.7. The first-order chi connectivity index (χ1) is 21.2. The van der Waals surface area contributed by atoms with Crippen LogP contribution in [0.4, 0.5) is 0 Å². The van der Waals surface area contributed by atoms with Crippen LogP contribution in [0.1, 0.15) is 22.9 Å². The predicted molar refractivity (Wildman–Crippen MR) is 189 cm³/mol. The number of aryl methyl sites for hydroxylation is 1. The Bertz CT molecular complexity index is 2320. The van der Waals surface area contributed by atoms with Crippen molar-refractivity contribution in [3.63, 3.8) is 0 Å². The van der Waals surface area contributed by atoms with E-state index in [2.05, 4.69) is 159 Å². The third-order valence-corrected chi connectivity index (χ3v) is 10.2. The molecule has 0 aliphatic heterocycles. The molecule has 0 nitrogen and oxygen atoms in total. The Morgan fingerprint density at radius 3 is 1.74 bits per heavy atom. The summed E-state index contributed by atoms with van der Waals surface area (Å²) < 4.78 is 1.35. The number of rotatable bonds is 4. The molecule has 8 rings (SSSR count). The summed E-state index contributed by atoms with van der Waals surface area (Å²) in [5.41, 5.74) is 8.93. The molecule has 1 heteroatoms. The van der Waals surface area contributed by atoms with Crippen LogP contribution in [0, 0.1) is 6.92 Å². The van der Waals surface area contributed by atoms with Gasteiger partial charge in [0.05, 0.1) is 0 Å². The van der Waals surface area contributed by atoms with Crippen LogP contribution >= 0.6 is 11.3 Å². The zero-order valence-corrected chi connectivity index (χ0v) is 25.1. The van der Waals surface area contributed by atoms with Crippen molar-refractivity contribution in [2.24, 2.45) is 0 Å². The largest absolute Gasteiger partial charge is 0.134 e. The summed E-state index contributed by atoms with van der Waals surface area (Å²) in [4.78, 5) is 1.35. The second-order valence-corrected chi connectivity index (χ2v) is 12.3. The molecule has 0 radical (unpaired) electrons. The van der Waals surface area contributed by atoms with E-state index in [4.69, 9.17) is 0 Å². The molecule has 0 saturated heterocycles. The quantitative estimate of drug-likeness (QED) is 0.186. The second kappa shape index (κ2) is 10.4. The molecule has 0 unspecified atom stereocenters. The molecule has 0 N–H and O–H groups in total. The Labute approximate surface area is 256 Å². The van der Waals surface area contributed by atoms with Gasteiger partial charge in [-0.15, -0.1) is 11.3 Å². The first kappa shape index (κ1) is 25.7. The molecular weight excluding hydrogens is 537 g/mol. The maximum atomic E-state index is 2.38. The summed E-state index contributed by atoms with van der Waals surface area (Å²) in [5.74, 6) is 0. The van der Waals surface area contributed by atoms with Crippen LogP contribution in [0.3, 0.4) is 0 Å². The summed E-state index contributed by atoms with van der Waals surface area (Å²) in [6.07, 6.45) is 2.25. The molecule has 0 aliphatic carbocycles. The Balaban J connectivity index is 1.28. The number of benzene rings is 7. The maximum Gasteiger partial charge on any atom is 0.0430 e. The fourth-order valence-electron chi connectivity index (χ4n) is 6.73. The molecular formula is C42H30S. The Kier molecular flexibility index (Phi) is 6.21. The van der Waals surface area contributed by atoms with Gasteiger partial charge in [-0.1, -0.05) is 133 Å². The smallest absolute Gasteiger partial charge is 0.0430 e. The van der Waals surface area contributed by atoms with Gasteiger partial charge in [0.1, 0.15) is 0 Å². The molecule has 8 aromatic rings. The lowest BCUT2D eigenvalue weighted by Gasteiger charge is -2.12. The van der Waals surface area contributed by atoms with Gasteiger partial charge in [-0.25, -0.2) is 0 Å². The molecule has 0 atom stereocenters. The molecule has 43 heavy (non-hydrogen) atoms. The Morgan fingerprint density at radius 2 is 1.05 bits per heavy atom. The lowest BCUT2D eigenvalue weighted by Crippen LogP contribution is -1.86. The molecule has 0 bridgehead atoms. The molecule has 0 aliphatic rings. The lowest BCUT2D eigenvalue weighted by molar-refractivity contribution is 1.51. The SMILES string of the molecule is C/C=C(/c1ccccc1)c1sc2c(-c3cccc(-c4ccc5c6ccccc6c6ccccc6c5c4)c3)cccc2c1C. The lowest BCUT2D eigenvalue weighted by atomic mass is 9.91. The van der Waals surface area contributed by atoms with Gasteiger partial charge in [0.25, 0.3) is 0 Å². The number of thiophene rings is 1. The van der Waals surface area contributed by atoms with Crippen molar-refractivity contribution in [1.82, 2.24) is 0 Å². The fraction of sp³-hybridized carbons (Fsp3) is 0.0476. The van der Waals surface area contributed by atoms with Gasteiger partial charge in [0.15, 0.2) is 0 Å². The minimum atomic E-state index is 1.24. The van der Waals surface area contributed by atoms with Crippen LogP contribution in [0.25, 0.3) is 70.2 Å². The maximum absolute atomic E-state index is 2.38.